The zero-order valence-electron chi connectivity index (χ0n) is 12.4. The van der Waals surface area contributed by atoms with E-state index in [0.29, 0.717) is 0 Å². The minimum atomic E-state index is 0.872. The Kier molecular flexibility index (Phi) is 2.53. The largest absolute Gasteiger partial charge is 0.451 e. The maximum absolute atomic E-state index is 5.19. The average Bonchev–Trinajstić information content (AvgIpc) is 3.14. The summed E-state index contributed by atoms with van der Waals surface area (Å²) in [7, 11) is 0. The third-order valence-electron chi connectivity index (χ3n) is 4.43. The Morgan fingerprint density at radius 2 is 1.48 bits per heavy atom. The van der Waals surface area contributed by atoms with Crippen LogP contribution in [0.3, 0.4) is 0 Å². The van der Waals surface area contributed by atoms with Gasteiger partial charge in [-0.15, -0.1) is 0 Å². The number of oxazole rings is 1. The molecule has 0 saturated heterocycles. The number of fused-ring (bicyclic) bond motifs is 4. The number of nitrogens with zero attached hydrogens (tertiary/aromatic N) is 1. The molecule has 4 aromatic carbocycles. The van der Waals surface area contributed by atoms with E-state index in [1.807, 2.05) is 0 Å². The monoisotopic (exact) mass is 295 g/mol. The van der Waals surface area contributed by atoms with Crippen LogP contribution in [0.1, 0.15) is 0 Å². The first-order valence-corrected chi connectivity index (χ1v) is 7.63. The van der Waals surface area contributed by atoms with E-state index in [-0.39, 0.29) is 0 Å². The normalized spacial score (nSPS) is 11.5. The lowest BCUT2D eigenvalue weighted by Gasteiger charge is -2.09. The lowest BCUT2D eigenvalue weighted by molar-refractivity contribution is 0.558. The summed E-state index contributed by atoms with van der Waals surface area (Å²) < 4.78 is 5.19. The zero-order chi connectivity index (χ0) is 15.2. The molecule has 0 aliphatic rings. The first kappa shape index (κ1) is 12.4. The molecule has 0 saturated carbocycles. The molecule has 0 aliphatic carbocycles. The van der Waals surface area contributed by atoms with Gasteiger partial charge in [0.25, 0.3) is 0 Å². The molecule has 108 valence electrons. The molecule has 1 heterocycles. The minimum Gasteiger partial charge on any atom is -0.451 e. The van der Waals surface area contributed by atoms with Crippen molar-refractivity contribution in [2.45, 2.75) is 0 Å². The zero-order valence-corrected chi connectivity index (χ0v) is 12.4. The highest BCUT2D eigenvalue weighted by atomic mass is 16.3. The molecule has 0 atom stereocenters. The first-order chi connectivity index (χ1) is 11.4. The van der Waals surface area contributed by atoms with Gasteiger partial charge in [-0.25, -0.2) is 4.98 Å². The molecular formula is C21H13NO. The fraction of sp³-hybridized carbons (Fsp3) is 0. The van der Waals surface area contributed by atoms with Gasteiger partial charge in [0.2, 0.25) is 0 Å². The molecule has 0 spiro atoms. The van der Waals surface area contributed by atoms with Crippen molar-refractivity contribution in [2.75, 3.05) is 0 Å². The highest BCUT2D eigenvalue weighted by Gasteiger charge is 2.10. The summed E-state index contributed by atoms with van der Waals surface area (Å²) in [4.78, 5) is 4.34. The van der Waals surface area contributed by atoms with Crippen molar-refractivity contribution in [3.8, 4) is 11.3 Å². The second kappa shape index (κ2) is 4.68. The standard InChI is InChI=1S/C21H13NO/c1-2-5-16-11-19-17(10-15(16)4-1)9-8-14-6-3-7-18(21(14)19)20-12-23-13-22-20/h1-13H. The molecule has 0 radical (unpaired) electrons. The van der Waals surface area contributed by atoms with Gasteiger partial charge in [0, 0.05) is 5.56 Å². The van der Waals surface area contributed by atoms with E-state index in [4.69, 9.17) is 4.42 Å². The summed E-state index contributed by atoms with van der Waals surface area (Å²) in [6.07, 6.45) is 3.18. The predicted octanol–water partition coefficient (Wildman–Crippen LogP) is 5.80. The van der Waals surface area contributed by atoms with E-state index in [1.54, 1.807) is 6.26 Å². The third kappa shape index (κ3) is 1.85. The molecule has 0 unspecified atom stereocenters. The Bertz CT molecular complexity index is 1160. The molecule has 5 aromatic rings. The van der Waals surface area contributed by atoms with Crippen molar-refractivity contribution in [3.63, 3.8) is 0 Å². The molecule has 0 fully saturated rings. The molecule has 23 heavy (non-hydrogen) atoms. The average molecular weight is 295 g/mol. The summed E-state index contributed by atoms with van der Waals surface area (Å²) in [5, 5.41) is 7.45. The van der Waals surface area contributed by atoms with Crippen molar-refractivity contribution in [1.82, 2.24) is 4.98 Å². The van der Waals surface area contributed by atoms with Gasteiger partial charge >= 0.3 is 0 Å². The molecule has 0 bridgehead atoms. The van der Waals surface area contributed by atoms with Gasteiger partial charge in [0.05, 0.1) is 0 Å². The Morgan fingerprint density at radius 1 is 0.696 bits per heavy atom. The van der Waals surface area contributed by atoms with Gasteiger partial charge < -0.3 is 4.42 Å². The third-order valence-corrected chi connectivity index (χ3v) is 4.43. The summed E-state index contributed by atoms with van der Waals surface area (Å²) in [5.74, 6) is 0. The van der Waals surface area contributed by atoms with Crippen molar-refractivity contribution >= 4 is 32.3 Å². The van der Waals surface area contributed by atoms with Crippen molar-refractivity contribution in [3.05, 3.63) is 79.4 Å². The van der Waals surface area contributed by atoms with E-state index in [1.165, 1.54) is 38.7 Å². The molecule has 2 heteroatoms. The Balaban J connectivity index is 2.00. The van der Waals surface area contributed by atoms with E-state index in [2.05, 4.69) is 71.7 Å². The van der Waals surface area contributed by atoms with E-state index < -0.39 is 0 Å². The van der Waals surface area contributed by atoms with Gasteiger partial charge in [-0.2, -0.15) is 0 Å². The predicted molar refractivity (Wildman–Crippen MR) is 94.5 cm³/mol. The molecule has 1 aromatic heterocycles. The van der Waals surface area contributed by atoms with Crippen LogP contribution in [-0.4, -0.2) is 4.98 Å². The van der Waals surface area contributed by atoms with Crippen LogP contribution in [0.15, 0.2) is 83.8 Å². The van der Waals surface area contributed by atoms with Crippen LogP contribution in [0.4, 0.5) is 0 Å². The minimum absolute atomic E-state index is 0.872. The van der Waals surface area contributed by atoms with E-state index in [0.717, 1.165) is 11.3 Å². The van der Waals surface area contributed by atoms with Crippen LogP contribution in [0.2, 0.25) is 0 Å². The molecule has 0 N–H and O–H groups in total. The van der Waals surface area contributed by atoms with Gasteiger partial charge in [0.1, 0.15) is 12.0 Å². The van der Waals surface area contributed by atoms with Crippen LogP contribution in [0, 0.1) is 0 Å². The number of aromatic nitrogens is 1. The van der Waals surface area contributed by atoms with Gasteiger partial charge in [-0.3, -0.25) is 0 Å². The number of benzene rings is 4. The Labute approximate surface area is 133 Å². The highest BCUT2D eigenvalue weighted by molar-refractivity contribution is 6.16. The summed E-state index contributed by atoms with van der Waals surface area (Å²) in [5.41, 5.74) is 1.98. The Morgan fingerprint density at radius 3 is 2.30 bits per heavy atom. The lowest BCUT2D eigenvalue weighted by Crippen LogP contribution is -1.84. The lowest BCUT2D eigenvalue weighted by atomic mass is 9.94. The van der Waals surface area contributed by atoms with Crippen LogP contribution in [0.25, 0.3) is 43.6 Å². The maximum Gasteiger partial charge on any atom is 0.181 e. The maximum atomic E-state index is 5.19. The summed E-state index contributed by atoms with van der Waals surface area (Å²) >= 11 is 0. The fourth-order valence-electron chi connectivity index (χ4n) is 3.36. The number of rotatable bonds is 1. The molecule has 2 nitrogen and oxygen atoms in total. The first-order valence-electron chi connectivity index (χ1n) is 7.63. The SMILES string of the molecule is c1ccc2cc3c(ccc4cccc(-c5cocn5)c43)cc2c1. The van der Waals surface area contributed by atoms with Crippen LogP contribution in [-0.2, 0) is 0 Å². The van der Waals surface area contributed by atoms with Crippen LogP contribution < -0.4 is 0 Å². The second-order valence-electron chi connectivity index (χ2n) is 5.76. The van der Waals surface area contributed by atoms with Gasteiger partial charge in [-0.1, -0.05) is 54.6 Å². The molecule has 5 rings (SSSR count). The van der Waals surface area contributed by atoms with Crippen molar-refractivity contribution in [2.24, 2.45) is 0 Å². The van der Waals surface area contributed by atoms with Gasteiger partial charge in [-0.05, 0) is 44.5 Å². The smallest absolute Gasteiger partial charge is 0.181 e. The highest BCUT2D eigenvalue weighted by Crippen LogP contribution is 2.35. The van der Waals surface area contributed by atoms with Gasteiger partial charge in [0.15, 0.2) is 6.39 Å². The number of hydrogen-bond donors (Lipinski definition) is 0. The number of hydrogen-bond acceptors (Lipinski definition) is 2. The Hall–Kier alpha value is -3.13. The van der Waals surface area contributed by atoms with Crippen molar-refractivity contribution in [1.29, 1.82) is 0 Å². The fourth-order valence-corrected chi connectivity index (χ4v) is 3.36. The second-order valence-corrected chi connectivity index (χ2v) is 5.76. The quantitative estimate of drug-likeness (QED) is 0.288. The van der Waals surface area contributed by atoms with E-state index in [9.17, 15) is 0 Å². The van der Waals surface area contributed by atoms with Crippen LogP contribution >= 0.6 is 0 Å². The van der Waals surface area contributed by atoms with Crippen molar-refractivity contribution < 1.29 is 4.42 Å². The molecule has 0 aliphatic heterocycles. The summed E-state index contributed by atoms with van der Waals surface area (Å²) in [6.45, 7) is 0. The van der Waals surface area contributed by atoms with E-state index >= 15 is 0 Å². The summed E-state index contributed by atoms with van der Waals surface area (Å²) in [6, 6.07) is 23.7. The molecule has 0 amide bonds. The topological polar surface area (TPSA) is 26.0 Å². The van der Waals surface area contributed by atoms with Crippen LogP contribution in [0.5, 0.6) is 0 Å². The molecular weight excluding hydrogens is 282 g/mol.